The van der Waals surface area contributed by atoms with Crippen molar-refractivity contribution in [2.45, 2.75) is 32.2 Å². The molecular formula is C13H20FN3O3S. The Bertz CT molecular complexity index is 605. The van der Waals surface area contributed by atoms with Crippen molar-refractivity contribution in [3.8, 4) is 0 Å². The third-order valence-corrected chi connectivity index (χ3v) is 3.33. The summed E-state index contributed by atoms with van der Waals surface area (Å²) in [6, 6.07) is 2.97. The van der Waals surface area contributed by atoms with Crippen LogP contribution in [0.15, 0.2) is 18.2 Å². The highest BCUT2D eigenvalue weighted by molar-refractivity contribution is 7.92. The second-order valence-electron chi connectivity index (χ2n) is 4.81. The topological polar surface area (TPSA) is 101 Å². The van der Waals surface area contributed by atoms with Crippen LogP contribution in [0.4, 0.5) is 15.8 Å². The van der Waals surface area contributed by atoms with E-state index in [1.54, 1.807) is 0 Å². The summed E-state index contributed by atoms with van der Waals surface area (Å²) in [6.45, 7) is 1.99. The standard InChI is InChI=1S/C13H20FN3O3S/c1-3-4-5-11(15)13(18)16-9-6-7-10(14)12(8-9)17-21(2,19)20/h6-8,11,17H,3-5,15H2,1-2H3,(H,16,18). The fraction of sp³-hybridized carbons (Fsp3) is 0.462. The van der Waals surface area contributed by atoms with Gasteiger partial charge in [0.15, 0.2) is 0 Å². The van der Waals surface area contributed by atoms with Crippen LogP contribution in [-0.4, -0.2) is 26.6 Å². The third-order valence-electron chi connectivity index (χ3n) is 2.73. The minimum Gasteiger partial charge on any atom is -0.325 e. The molecule has 0 bridgehead atoms. The Labute approximate surface area is 124 Å². The van der Waals surface area contributed by atoms with Crippen molar-refractivity contribution in [2.75, 3.05) is 16.3 Å². The summed E-state index contributed by atoms with van der Waals surface area (Å²) >= 11 is 0. The van der Waals surface area contributed by atoms with Crippen molar-refractivity contribution in [2.24, 2.45) is 5.73 Å². The van der Waals surface area contributed by atoms with E-state index >= 15 is 0 Å². The van der Waals surface area contributed by atoms with E-state index in [9.17, 15) is 17.6 Å². The zero-order valence-electron chi connectivity index (χ0n) is 12.0. The number of amides is 1. The van der Waals surface area contributed by atoms with E-state index in [4.69, 9.17) is 5.73 Å². The highest BCUT2D eigenvalue weighted by atomic mass is 32.2. The lowest BCUT2D eigenvalue weighted by Gasteiger charge is -2.13. The van der Waals surface area contributed by atoms with E-state index in [2.05, 4.69) is 5.32 Å². The van der Waals surface area contributed by atoms with Crippen molar-refractivity contribution in [3.05, 3.63) is 24.0 Å². The molecule has 0 aliphatic rings. The second kappa shape index (κ2) is 7.37. The largest absolute Gasteiger partial charge is 0.325 e. The first-order chi connectivity index (χ1) is 9.73. The summed E-state index contributed by atoms with van der Waals surface area (Å²) < 4.78 is 37.8. The first-order valence-electron chi connectivity index (χ1n) is 6.56. The Morgan fingerprint density at radius 1 is 1.43 bits per heavy atom. The number of nitrogens with two attached hydrogens (primary N) is 1. The number of rotatable bonds is 7. The number of carbonyl (C=O) groups excluding carboxylic acids is 1. The SMILES string of the molecule is CCCCC(N)C(=O)Nc1ccc(F)c(NS(C)(=O)=O)c1. The van der Waals surface area contributed by atoms with Crippen LogP contribution in [-0.2, 0) is 14.8 Å². The fourth-order valence-electron chi connectivity index (χ4n) is 1.67. The maximum atomic E-state index is 13.5. The molecule has 0 saturated heterocycles. The molecule has 0 aliphatic carbocycles. The van der Waals surface area contributed by atoms with E-state index in [0.717, 1.165) is 25.2 Å². The summed E-state index contributed by atoms with van der Waals surface area (Å²) in [4.78, 5) is 11.8. The van der Waals surface area contributed by atoms with Gasteiger partial charge in [-0.3, -0.25) is 9.52 Å². The minimum atomic E-state index is -3.60. The second-order valence-corrected chi connectivity index (χ2v) is 6.56. The number of sulfonamides is 1. The number of nitrogens with one attached hydrogen (secondary N) is 2. The van der Waals surface area contributed by atoms with E-state index in [1.165, 1.54) is 12.1 Å². The molecule has 118 valence electrons. The first kappa shape index (κ1) is 17.4. The molecule has 1 amide bonds. The number of carbonyl (C=O) groups is 1. The molecule has 1 unspecified atom stereocenters. The zero-order chi connectivity index (χ0) is 16.0. The number of anilines is 2. The van der Waals surface area contributed by atoms with Crippen LogP contribution < -0.4 is 15.8 Å². The zero-order valence-corrected chi connectivity index (χ0v) is 12.8. The van der Waals surface area contributed by atoms with Crippen LogP contribution >= 0.6 is 0 Å². The maximum absolute atomic E-state index is 13.5. The van der Waals surface area contributed by atoms with Crippen molar-refractivity contribution in [1.29, 1.82) is 0 Å². The van der Waals surface area contributed by atoms with Gasteiger partial charge in [0, 0.05) is 5.69 Å². The van der Waals surface area contributed by atoms with Crippen LogP contribution in [0.3, 0.4) is 0 Å². The minimum absolute atomic E-state index is 0.225. The average molecular weight is 317 g/mol. The normalized spacial score (nSPS) is 12.8. The lowest BCUT2D eigenvalue weighted by Crippen LogP contribution is -2.35. The van der Waals surface area contributed by atoms with Crippen LogP contribution in [0.2, 0.25) is 0 Å². The van der Waals surface area contributed by atoms with Crippen molar-refractivity contribution >= 4 is 27.3 Å². The maximum Gasteiger partial charge on any atom is 0.241 e. The highest BCUT2D eigenvalue weighted by Crippen LogP contribution is 2.20. The molecule has 1 aromatic carbocycles. The molecule has 0 aromatic heterocycles. The van der Waals surface area contributed by atoms with Crippen LogP contribution in [0.25, 0.3) is 0 Å². The van der Waals surface area contributed by atoms with Crippen LogP contribution in [0, 0.1) is 5.82 Å². The van der Waals surface area contributed by atoms with Gasteiger partial charge in [-0.2, -0.15) is 0 Å². The molecule has 0 radical (unpaired) electrons. The molecule has 1 atom stereocenters. The predicted molar refractivity (Wildman–Crippen MR) is 81.0 cm³/mol. The molecule has 0 saturated carbocycles. The van der Waals surface area contributed by atoms with E-state index in [0.29, 0.717) is 6.42 Å². The monoisotopic (exact) mass is 317 g/mol. The van der Waals surface area contributed by atoms with Gasteiger partial charge >= 0.3 is 0 Å². The van der Waals surface area contributed by atoms with Crippen LogP contribution in [0.1, 0.15) is 26.2 Å². The Balaban J connectivity index is 2.80. The number of benzene rings is 1. The molecule has 0 fully saturated rings. The Morgan fingerprint density at radius 2 is 2.10 bits per heavy atom. The molecule has 4 N–H and O–H groups in total. The van der Waals surface area contributed by atoms with Gasteiger partial charge < -0.3 is 11.1 Å². The van der Waals surface area contributed by atoms with Crippen molar-refractivity contribution in [3.63, 3.8) is 0 Å². The van der Waals surface area contributed by atoms with Gasteiger partial charge in [0.25, 0.3) is 0 Å². The summed E-state index contributed by atoms with van der Waals surface area (Å²) in [6.07, 6.45) is 3.23. The van der Waals surface area contributed by atoms with Gasteiger partial charge in [-0.15, -0.1) is 0 Å². The van der Waals surface area contributed by atoms with Gasteiger partial charge in [0.2, 0.25) is 15.9 Å². The predicted octanol–water partition coefficient (Wildman–Crippen LogP) is 1.65. The molecule has 0 heterocycles. The molecule has 0 spiro atoms. The Kier molecular flexibility index (Phi) is 6.10. The summed E-state index contributed by atoms with van der Waals surface area (Å²) in [7, 11) is -3.60. The van der Waals surface area contributed by atoms with Crippen molar-refractivity contribution in [1.82, 2.24) is 0 Å². The Morgan fingerprint density at radius 3 is 2.67 bits per heavy atom. The van der Waals surface area contributed by atoms with Gasteiger partial charge in [0.1, 0.15) is 5.82 Å². The third kappa shape index (κ3) is 6.09. The van der Waals surface area contributed by atoms with E-state index in [1.807, 2.05) is 11.6 Å². The van der Waals surface area contributed by atoms with E-state index < -0.39 is 21.9 Å². The summed E-state index contributed by atoms with van der Waals surface area (Å²) in [5.74, 6) is -1.12. The van der Waals surface area contributed by atoms with Gasteiger partial charge in [-0.25, -0.2) is 12.8 Å². The lowest BCUT2D eigenvalue weighted by atomic mass is 10.1. The Hall–Kier alpha value is -1.67. The molecular weight excluding hydrogens is 297 g/mol. The first-order valence-corrected chi connectivity index (χ1v) is 8.46. The van der Waals surface area contributed by atoms with Gasteiger partial charge in [0.05, 0.1) is 18.0 Å². The van der Waals surface area contributed by atoms with Crippen molar-refractivity contribution < 1.29 is 17.6 Å². The fourth-order valence-corrected chi connectivity index (χ4v) is 2.23. The number of unbranched alkanes of at least 4 members (excludes halogenated alkanes) is 1. The average Bonchev–Trinajstić information content (AvgIpc) is 2.38. The number of hydrogen-bond donors (Lipinski definition) is 3. The summed E-state index contributed by atoms with van der Waals surface area (Å²) in [5, 5.41) is 2.54. The van der Waals surface area contributed by atoms with E-state index in [-0.39, 0.29) is 17.3 Å². The molecule has 21 heavy (non-hydrogen) atoms. The van der Waals surface area contributed by atoms with Gasteiger partial charge in [-0.1, -0.05) is 19.8 Å². The number of halogens is 1. The summed E-state index contributed by atoms with van der Waals surface area (Å²) in [5.41, 5.74) is 5.78. The van der Waals surface area contributed by atoms with Crippen LogP contribution in [0.5, 0.6) is 0 Å². The smallest absolute Gasteiger partial charge is 0.241 e. The van der Waals surface area contributed by atoms with Gasteiger partial charge in [-0.05, 0) is 24.6 Å². The molecule has 1 aromatic rings. The quantitative estimate of drug-likeness (QED) is 0.711. The molecule has 0 aliphatic heterocycles. The number of hydrogen-bond acceptors (Lipinski definition) is 4. The highest BCUT2D eigenvalue weighted by Gasteiger charge is 2.14. The molecule has 1 rings (SSSR count). The lowest BCUT2D eigenvalue weighted by molar-refractivity contribution is -0.117. The molecule has 6 nitrogen and oxygen atoms in total. The molecule has 8 heteroatoms.